The van der Waals surface area contributed by atoms with Crippen molar-refractivity contribution in [2.24, 2.45) is 0 Å². The number of hydrogen-bond acceptors (Lipinski definition) is 4. The fourth-order valence-electron chi connectivity index (χ4n) is 3.06. The Morgan fingerprint density at radius 3 is 2.95 bits per heavy atom. The molecule has 2 saturated heterocycles. The monoisotopic (exact) mass is 279 g/mol. The molecule has 3 heterocycles. The first-order valence-corrected chi connectivity index (χ1v) is 7.75. The molecule has 0 aromatic carbocycles. The summed E-state index contributed by atoms with van der Waals surface area (Å²) in [6.45, 7) is 8.71. The summed E-state index contributed by atoms with van der Waals surface area (Å²) in [5.41, 5.74) is 1.14. The molecule has 0 amide bonds. The lowest BCUT2D eigenvalue weighted by Crippen LogP contribution is -2.48. The number of hydrogen-bond donors (Lipinski definition) is 0. The van der Waals surface area contributed by atoms with Crippen LogP contribution in [0.3, 0.4) is 0 Å². The third kappa shape index (κ3) is 2.90. The first-order valence-electron chi connectivity index (χ1n) is 7.75. The first-order chi connectivity index (χ1) is 9.71. The summed E-state index contributed by atoms with van der Waals surface area (Å²) in [7, 11) is 0. The maximum atomic E-state index is 5.82. The van der Waals surface area contributed by atoms with Crippen LogP contribution in [0.25, 0.3) is 0 Å². The quantitative estimate of drug-likeness (QED) is 0.847. The van der Waals surface area contributed by atoms with Crippen LogP contribution in [0.15, 0.2) is 12.3 Å². The maximum absolute atomic E-state index is 5.82. The maximum Gasteiger partial charge on any atom is 0.181 e. The highest BCUT2D eigenvalue weighted by Crippen LogP contribution is 2.30. The lowest BCUT2D eigenvalue weighted by atomic mass is 10.0. The summed E-state index contributed by atoms with van der Waals surface area (Å²) in [6.07, 6.45) is 5.35. The summed E-state index contributed by atoms with van der Waals surface area (Å²) in [5, 5.41) is 4.68. The van der Waals surface area contributed by atoms with E-state index >= 15 is 0 Å². The third-order valence-corrected chi connectivity index (χ3v) is 4.40. The van der Waals surface area contributed by atoms with E-state index < -0.39 is 0 Å². The lowest BCUT2D eigenvalue weighted by molar-refractivity contribution is -0.190. The van der Waals surface area contributed by atoms with Gasteiger partial charge in [-0.3, -0.25) is 9.58 Å². The van der Waals surface area contributed by atoms with Crippen LogP contribution in [-0.2, 0) is 16.0 Å². The Morgan fingerprint density at radius 2 is 2.20 bits per heavy atom. The zero-order chi connectivity index (χ0) is 14.0. The van der Waals surface area contributed by atoms with Gasteiger partial charge in [0, 0.05) is 25.2 Å². The molecule has 112 valence electrons. The molecule has 0 aliphatic carbocycles. The zero-order valence-corrected chi connectivity index (χ0v) is 12.5. The molecule has 0 saturated carbocycles. The molecule has 20 heavy (non-hydrogen) atoms. The number of aromatic nitrogens is 2. The van der Waals surface area contributed by atoms with E-state index in [2.05, 4.69) is 40.8 Å². The molecular weight excluding hydrogens is 254 g/mol. The Hall–Kier alpha value is -0.910. The predicted molar refractivity (Wildman–Crippen MR) is 76.4 cm³/mol. The van der Waals surface area contributed by atoms with Gasteiger partial charge in [-0.15, -0.1) is 0 Å². The van der Waals surface area contributed by atoms with Crippen LogP contribution < -0.4 is 0 Å². The van der Waals surface area contributed by atoms with E-state index in [9.17, 15) is 0 Å². The van der Waals surface area contributed by atoms with E-state index in [0.717, 1.165) is 57.8 Å². The van der Waals surface area contributed by atoms with Gasteiger partial charge in [0.2, 0.25) is 0 Å². The Labute approximate surface area is 120 Å². The van der Waals surface area contributed by atoms with Crippen molar-refractivity contribution < 1.29 is 9.47 Å². The van der Waals surface area contributed by atoms with Crippen molar-refractivity contribution in [1.82, 2.24) is 14.7 Å². The van der Waals surface area contributed by atoms with Gasteiger partial charge in [-0.25, -0.2) is 0 Å². The minimum atomic E-state index is -0.336. The highest BCUT2D eigenvalue weighted by molar-refractivity contribution is 5.00. The summed E-state index contributed by atoms with van der Waals surface area (Å²) in [4.78, 5) is 2.40. The van der Waals surface area contributed by atoms with E-state index in [1.807, 2.05) is 0 Å². The van der Waals surface area contributed by atoms with E-state index in [1.54, 1.807) is 0 Å². The molecule has 2 fully saturated rings. The zero-order valence-electron chi connectivity index (χ0n) is 12.5. The van der Waals surface area contributed by atoms with Crippen molar-refractivity contribution in [2.45, 2.75) is 51.5 Å². The van der Waals surface area contributed by atoms with E-state index in [1.165, 1.54) is 0 Å². The van der Waals surface area contributed by atoms with E-state index in [0.29, 0.717) is 6.04 Å². The molecule has 0 bridgehead atoms. The third-order valence-electron chi connectivity index (χ3n) is 4.40. The summed E-state index contributed by atoms with van der Waals surface area (Å²) >= 11 is 0. The van der Waals surface area contributed by atoms with Crippen LogP contribution in [0, 0.1) is 0 Å². The number of rotatable bonds is 4. The van der Waals surface area contributed by atoms with Gasteiger partial charge in [0.1, 0.15) is 0 Å². The summed E-state index contributed by atoms with van der Waals surface area (Å²) in [6, 6.07) is 2.60. The van der Waals surface area contributed by atoms with Gasteiger partial charge in [-0.2, -0.15) is 5.10 Å². The molecule has 1 aromatic rings. The fraction of sp³-hybridized carbons (Fsp3) is 0.800. The van der Waals surface area contributed by atoms with Crippen molar-refractivity contribution in [2.75, 3.05) is 26.3 Å². The van der Waals surface area contributed by atoms with Crippen LogP contribution in [-0.4, -0.2) is 46.8 Å². The molecule has 1 aromatic heterocycles. The average molecular weight is 279 g/mol. The molecular formula is C15H25N3O2. The van der Waals surface area contributed by atoms with Crippen LogP contribution >= 0.6 is 0 Å². The molecule has 5 nitrogen and oxygen atoms in total. The number of likely N-dealkylation sites (tertiary alicyclic amines) is 1. The Bertz CT molecular complexity index is 440. The van der Waals surface area contributed by atoms with E-state index in [4.69, 9.17) is 9.47 Å². The Morgan fingerprint density at radius 1 is 1.40 bits per heavy atom. The molecule has 2 aliphatic rings. The SMILES string of the molecule is CCC(C)n1ccc(CN2CCCC3(C2)OCCO3)n1. The fourth-order valence-corrected chi connectivity index (χ4v) is 3.06. The largest absolute Gasteiger partial charge is 0.346 e. The van der Waals surface area contributed by atoms with E-state index in [-0.39, 0.29) is 5.79 Å². The lowest BCUT2D eigenvalue weighted by Gasteiger charge is -2.38. The topological polar surface area (TPSA) is 39.5 Å². The molecule has 1 unspecified atom stereocenters. The molecule has 3 rings (SSSR count). The second-order valence-corrected chi connectivity index (χ2v) is 5.97. The summed E-state index contributed by atoms with van der Waals surface area (Å²) < 4.78 is 13.7. The van der Waals surface area contributed by atoms with Crippen molar-refractivity contribution >= 4 is 0 Å². The van der Waals surface area contributed by atoms with Crippen LogP contribution in [0.4, 0.5) is 0 Å². The standard InChI is InChI=1S/C15H25N3O2/c1-3-13(2)18-8-5-14(16-18)11-17-7-4-6-15(12-17)19-9-10-20-15/h5,8,13H,3-4,6-7,9-12H2,1-2H3. The highest BCUT2D eigenvalue weighted by atomic mass is 16.7. The molecule has 0 N–H and O–H groups in total. The molecule has 1 spiro atoms. The van der Waals surface area contributed by atoms with Crippen molar-refractivity contribution in [3.8, 4) is 0 Å². The molecule has 5 heteroatoms. The van der Waals surface area contributed by atoms with Crippen LogP contribution in [0.1, 0.15) is 44.8 Å². The smallest absolute Gasteiger partial charge is 0.181 e. The predicted octanol–water partition coefficient (Wildman–Crippen LogP) is 2.19. The number of piperidine rings is 1. The van der Waals surface area contributed by atoms with Crippen molar-refractivity contribution in [1.29, 1.82) is 0 Å². The highest BCUT2D eigenvalue weighted by Gasteiger charge is 2.40. The first kappa shape index (κ1) is 14.0. The van der Waals surface area contributed by atoms with Crippen molar-refractivity contribution in [3.63, 3.8) is 0 Å². The van der Waals surface area contributed by atoms with Gasteiger partial charge in [0.15, 0.2) is 5.79 Å². The van der Waals surface area contributed by atoms with Crippen LogP contribution in [0.5, 0.6) is 0 Å². The average Bonchev–Trinajstić information content (AvgIpc) is 3.08. The van der Waals surface area contributed by atoms with Gasteiger partial charge in [0.25, 0.3) is 0 Å². The van der Waals surface area contributed by atoms with Gasteiger partial charge < -0.3 is 9.47 Å². The number of ether oxygens (including phenoxy) is 2. The van der Waals surface area contributed by atoms with Crippen molar-refractivity contribution in [3.05, 3.63) is 18.0 Å². The molecule has 1 atom stereocenters. The van der Waals surface area contributed by atoms with Gasteiger partial charge in [-0.05, 0) is 32.4 Å². The van der Waals surface area contributed by atoms with Gasteiger partial charge in [0.05, 0.1) is 25.5 Å². The summed E-state index contributed by atoms with van der Waals surface area (Å²) in [5.74, 6) is -0.336. The second-order valence-electron chi connectivity index (χ2n) is 5.97. The minimum absolute atomic E-state index is 0.336. The molecule has 2 aliphatic heterocycles. The number of nitrogens with zero attached hydrogens (tertiary/aromatic N) is 3. The Kier molecular flexibility index (Phi) is 4.10. The minimum Gasteiger partial charge on any atom is -0.346 e. The molecule has 0 radical (unpaired) electrons. The van der Waals surface area contributed by atoms with Gasteiger partial charge >= 0.3 is 0 Å². The normalized spacial score (nSPS) is 24.3. The van der Waals surface area contributed by atoms with Gasteiger partial charge in [-0.1, -0.05) is 6.92 Å². The second kappa shape index (κ2) is 5.84. The van der Waals surface area contributed by atoms with Crippen LogP contribution in [0.2, 0.25) is 0 Å². The Balaban J connectivity index is 1.61.